The molecule has 0 fully saturated rings. The van der Waals surface area contributed by atoms with Gasteiger partial charge in [-0.3, -0.25) is 9.69 Å². The molecule has 5 nitrogen and oxygen atoms in total. The summed E-state index contributed by atoms with van der Waals surface area (Å²) in [6, 6.07) is 17.4. The minimum atomic E-state index is -0.174. The van der Waals surface area contributed by atoms with Crippen molar-refractivity contribution >= 4 is 17.2 Å². The molecular weight excluding hydrogens is 396 g/mol. The third kappa shape index (κ3) is 6.34. The molecule has 3 rings (SSSR count). The Morgan fingerprint density at radius 2 is 1.90 bits per heavy atom. The van der Waals surface area contributed by atoms with Crippen molar-refractivity contribution < 1.29 is 14.3 Å². The fourth-order valence-corrected chi connectivity index (χ4v) is 3.88. The maximum Gasteiger partial charge on any atom is 0.255 e. The van der Waals surface area contributed by atoms with Crippen LogP contribution in [-0.2, 0) is 13.1 Å². The average molecular weight is 425 g/mol. The lowest BCUT2D eigenvalue weighted by molar-refractivity contribution is 0.0929. The van der Waals surface area contributed by atoms with Gasteiger partial charge in [0, 0.05) is 13.1 Å². The Hall–Kier alpha value is -2.83. The summed E-state index contributed by atoms with van der Waals surface area (Å²) < 4.78 is 11.3. The number of rotatable bonds is 10. The fraction of sp³-hybridized carbons (Fsp3) is 0.292. The minimum absolute atomic E-state index is 0.164. The lowest BCUT2D eigenvalue weighted by Gasteiger charge is -2.19. The van der Waals surface area contributed by atoms with Crippen LogP contribution in [0.15, 0.2) is 65.4 Å². The lowest BCUT2D eigenvalue weighted by Crippen LogP contribution is -2.33. The third-order valence-corrected chi connectivity index (χ3v) is 5.35. The molecule has 2 aromatic carbocycles. The van der Waals surface area contributed by atoms with E-state index in [0.717, 1.165) is 18.8 Å². The summed E-state index contributed by atoms with van der Waals surface area (Å²) in [5, 5.41) is 7.19. The average Bonchev–Trinajstić information content (AvgIpc) is 3.25. The van der Waals surface area contributed by atoms with Gasteiger partial charge in [0.1, 0.15) is 17.6 Å². The van der Waals surface area contributed by atoms with Gasteiger partial charge >= 0.3 is 0 Å². The lowest BCUT2D eigenvalue weighted by atomic mass is 10.2. The van der Waals surface area contributed by atoms with Gasteiger partial charge in [0.25, 0.3) is 5.91 Å². The molecule has 1 N–H and O–H groups in total. The highest BCUT2D eigenvalue weighted by Crippen LogP contribution is 2.19. The number of ether oxygens (including phenoxy) is 2. The van der Waals surface area contributed by atoms with Gasteiger partial charge in [-0.25, -0.2) is 0 Å². The number of amides is 1. The van der Waals surface area contributed by atoms with Gasteiger partial charge in [-0.15, -0.1) is 0 Å². The predicted octanol–water partition coefficient (Wildman–Crippen LogP) is 4.59. The van der Waals surface area contributed by atoms with Gasteiger partial charge < -0.3 is 14.8 Å². The van der Waals surface area contributed by atoms with Crippen LogP contribution in [0.2, 0.25) is 0 Å². The first kappa shape index (κ1) is 21.9. The highest BCUT2D eigenvalue weighted by Gasteiger charge is 2.13. The van der Waals surface area contributed by atoms with E-state index in [9.17, 15) is 4.79 Å². The van der Waals surface area contributed by atoms with E-state index in [1.54, 1.807) is 30.6 Å². The summed E-state index contributed by atoms with van der Waals surface area (Å²) in [5.41, 5.74) is 3.03. The van der Waals surface area contributed by atoms with E-state index in [0.29, 0.717) is 17.9 Å². The van der Waals surface area contributed by atoms with E-state index in [1.165, 1.54) is 11.1 Å². The van der Waals surface area contributed by atoms with Crippen LogP contribution in [0.4, 0.5) is 0 Å². The molecule has 1 unspecified atom stereocenters. The van der Waals surface area contributed by atoms with Crippen LogP contribution in [0.25, 0.3) is 0 Å². The van der Waals surface area contributed by atoms with Crippen LogP contribution >= 0.6 is 11.3 Å². The second kappa shape index (κ2) is 10.8. The van der Waals surface area contributed by atoms with Gasteiger partial charge in [-0.2, -0.15) is 11.3 Å². The zero-order valence-corrected chi connectivity index (χ0v) is 18.4. The van der Waals surface area contributed by atoms with Crippen molar-refractivity contribution in [3.63, 3.8) is 0 Å². The highest BCUT2D eigenvalue weighted by molar-refractivity contribution is 7.07. The van der Waals surface area contributed by atoms with Gasteiger partial charge in [-0.1, -0.05) is 24.3 Å². The molecular formula is C24H28N2O3S. The minimum Gasteiger partial charge on any atom is -0.496 e. The van der Waals surface area contributed by atoms with Crippen molar-refractivity contribution in [2.24, 2.45) is 0 Å². The summed E-state index contributed by atoms with van der Waals surface area (Å²) in [5.74, 6) is 1.19. The number of thiophene rings is 1. The number of methoxy groups -OCH3 is 1. The Labute approximate surface area is 182 Å². The zero-order valence-electron chi connectivity index (χ0n) is 17.6. The molecule has 0 bridgehead atoms. The van der Waals surface area contributed by atoms with Gasteiger partial charge in [-0.05, 0) is 66.2 Å². The first-order valence-corrected chi connectivity index (χ1v) is 10.9. The van der Waals surface area contributed by atoms with Crippen molar-refractivity contribution in [2.75, 3.05) is 20.7 Å². The summed E-state index contributed by atoms with van der Waals surface area (Å²) in [6.07, 6.45) is -0.164. The number of carbonyl (C=O) groups excluding carboxylic acids is 1. The maximum atomic E-state index is 12.4. The van der Waals surface area contributed by atoms with Gasteiger partial charge in [0.15, 0.2) is 0 Å². The topological polar surface area (TPSA) is 50.8 Å². The Balaban J connectivity index is 1.50. The van der Waals surface area contributed by atoms with Crippen molar-refractivity contribution in [2.45, 2.75) is 26.1 Å². The summed E-state index contributed by atoms with van der Waals surface area (Å²) in [6.45, 7) is 4.10. The van der Waals surface area contributed by atoms with E-state index in [1.807, 2.05) is 31.2 Å². The predicted molar refractivity (Wildman–Crippen MR) is 121 cm³/mol. The Morgan fingerprint density at radius 1 is 1.10 bits per heavy atom. The van der Waals surface area contributed by atoms with E-state index in [2.05, 4.69) is 46.2 Å². The number of nitrogens with one attached hydrogen (secondary N) is 1. The monoisotopic (exact) mass is 424 g/mol. The van der Waals surface area contributed by atoms with Crippen molar-refractivity contribution in [3.05, 3.63) is 82.0 Å². The Morgan fingerprint density at radius 3 is 2.67 bits per heavy atom. The number of hydrogen-bond donors (Lipinski definition) is 1. The third-order valence-electron chi connectivity index (χ3n) is 4.62. The zero-order chi connectivity index (χ0) is 21.3. The van der Waals surface area contributed by atoms with E-state index in [4.69, 9.17) is 9.47 Å². The summed E-state index contributed by atoms with van der Waals surface area (Å²) in [4.78, 5) is 14.7. The Kier molecular flexibility index (Phi) is 7.88. The van der Waals surface area contributed by atoms with Gasteiger partial charge in [0.2, 0.25) is 0 Å². The maximum absolute atomic E-state index is 12.4. The molecule has 1 atom stereocenters. The van der Waals surface area contributed by atoms with Crippen molar-refractivity contribution in [1.82, 2.24) is 10.2 Å². The van der Waals surface area contributed by atoms with Crippen LogP contribution < -0.4 is 14.8 Å². The fourth-order valence-electron chi connectivity index (χ4n) is 3.22. The molecule has 30 heavy (non-hydrogen) atoms. The van der Waals surface area contributed by atoms with Gasteiger partial charge in [0.05, 0.1) is 19.2 Å². The van der Waals surface area contributed by atoms with Crippen LogP contribution in [0, 0.1) is 0 Å². The number of nitrogens with zero attached hydrogens (tertiary/aromatic N) is 1. The standard InChI is InChI=1S/C24H28N2O3S/c1-18(14-25-24(27)22-9-4-5-10-23(22)28-3)29-21-8-6-7-19(13-21)15-26(2)16-20-11-12-30-17-20/h4-13,17-18H,14-16H2,1-3H3,(H,25,27). The molecule has 6 heteroatoms. The summed E-state index contributed by atoms with van der Waals surface area (Å²) in [7, 11) is 3.67. The molecule has 0 aliphatic rings. The second-order valence-electron chi connectivity index (χ2n) is 7.29. The molecule has 0 aliphatic carbocycles. The number of benzene rings is 2. The summed E-state index contributed by atoms with van der Waals surface area (Å²) >= 11 is 1.72. The smallest absolute Gasteiger partial charge is 0.255 e. The van der Waals surface area contributed by atoms with Crippen LogP contribution in [-0.4, -0.2) is 37.6 Å². The quantitative estimate of drug-likeness (QED) is 0.517. The molecule has 0 saturated carbocycles. The molecule has 158 valence electrons. The van der Waals surface area contributed by atoms with Crippen molar-refractivity contribution in [3.8, 4) is 11.5 Å². The SMILES string of the molecule is COc1ccccc1C(=O)NCC(C)Oc1cccc(CN(C)Cc2ccsc2)c1. The largest absolute Gasteiger partial charge is 0.496 e. The Bertz CT molecular complexity index is 943. The van der Waals surface area contributed by atoms with Crippen LogP contribution in [0.1, 0.15) is 28.4 Å². The molecule has 0 spiro atoms. The molecule has 0 saturated heterocycles. The van der Waals surface area contributed by atoms with Crippen molar-refractivity contribution in [1.29, 1.82) is 0 Å². The normalized spacial score (nSPS) is 11.9. The molecule has 1 heterocycles. The molecule has 1 aromatic heterocycles. The molecule has 3 aromatic rings. The number of hydrogen-bond acceptors (Lipinski definition) is 5. The first-order chi connectivity index (χ1) is 14.5. The van der Waals surface area contributed by atoms with Crippen LogP contribution in [0.3, 0.4) is 0 Å². The van der Waals surface area contributed by atoms with E-state index >= 15 is 0 Å². The highest BCUT2D eigenvalue weighted by atomic mass is 32.1. The van der Waals surface area contributed by atoms with E-state index in [-0.39, 0.29) is 12.0 Å². The number of para-hydroxylation sites is 1. The van der Waals surface area contributed by atoms with E-state index < -0.39 is 0 Å². The second-order valence-corrected chi connectivity index (χ2v) is 8.07. The molecule has 1 amide bonds. The molecule has 0 aliphatic heterocycles. The number of carbonyl (C=O) groups is 1. The van der Waals surface area contributed by atoms with Crippen LogP contribution in [0.5, 0.6) is 11.5 Å². The molecule has 0 radical (unpaired) electrons. The first-order valence-electron chi connectivity index (χ1n) is 9.91.